The Labute approximate surface area is 176 Å². The summed E-state index contributed by atoms with van der Waals surface area (Å²) in [5.74, 6) is 1.28. The summed E-state index contributed by atoms with van der Waals surface area (Å²) in [5.41, 5.74) is 1.31. The number of hydrogen-bond acceptors (Lipinski definition) is 5. The fraction of sp³-hybridized carbons (Fsp3) is 0.111. The van der Waals surface area contributed by atoms with Crippen molar-refractivity contribution < 1.29 is 13.2 Å². The summed E-state index contributed by atoms with van der Waals surface area (Å²) in [7, 11) is -3.52. The van der Waals surface area contributed by atoms with Gasteiger partial charge in [0.1, 0.15) is 16.7 Å². The number of rotatable bonds is 3. The maximum absolute atomic E-state index is 11.9. The molecule has 0 aromatic heterocycles. The molecule has 0 amide bonds. The first kappa shape index (κ1) is 19.3. The smallest absolute Gasteiger partial charge is 0.256 e. The Hall–Kier alpha value is -2.06. The number of amidine groups is 1. The number of benzene rings is 2. The number of ether oxygens (including phenoxy) is 1. The Kier molecular flexibility index (Phi) is 5.09. The van der Waals surface area contributed by atoms with E-state index in [1.807, 2.05) is 0 Å². The third kappa shape index (κ3) is 4.03. The number of sulfonamides is 1. The molecule has 0 bridgehead atoms. The predicted molar refractivity (Wildman–Crippen MR) is 112 cm³/mol. The van der Waals surface area contributed by atoms with E-state index in [2.05, 4.69) is 9.50 Å². The Morgan fingerprint density at radius 2 is 1.68 bits per heavy atom. The second kappa shape index (κ2) is 7.40. The lowest BCUT2D eigenvalue weighted by molar-refractivity contribution is 0.463. The van der Waals surface area contributed by atoms with Crippen LogP contribution in [0.5, 0.6) is 11.5 Å². The Bertz CT molecular complexity index is 1140. The van der Waals surface area contributed by atoms with Gasteiger partial charge in [0.25, 0.3) is 10.0 Å². The van der Waals surface area contributed by atoms with Crippen LogP contribution in [0.15, 0.2) is 58.0 Å². The topological polar surface area (TPSA) is 71.3 Å². The number of allylic oxidation sites excluding steroid dienone is 1. The van der Waals surface area contributed by atoms with E-state index in [-0.39, 0.29) is 23.3 Å². The minimum absolute atomic E-state index is 0.103. The van der Waals surface area contributed by atoms with Gasteiger partial charge in [-0.15, -0.1) is 4.40 Å². The summed E-state index contributed by atoms with van der Waals surface area (Å²) in [6.45, 7) is 0.202. The van der Waals surface area contributed by atoms with Crippen LogP contribution in [0.3, 0.4) is 0 Å². The van der Waals surface area contributed by atoms with Crippen LogP contribution >= 0.6 is 34.8 Å². The van der Waals surface area contributed by atoms with E-state index in [1.54, 1.807) is 48.5 Å². The van der Waals surface area contributed by atoms with Crippen LogP contribution in [-0.4, -0.2) is 36.7 Å². The summed E-state index contributed by atoms with van der Waals surface area (Å²) in [5, 5.41) is 6.72. The third-order valence-electron chi connectivity index (χ3n) is 4.04. The van der Waals surface area contributed by atoms with Crippen molar-refractivity contribution in [2.75, 3.05) is 12.3 Å². The van der Waals surface area contributed by atoms with Gasteiger partial charge in [0.05, 0.1) is 22.3 Å². The van der Waals surface area contributed by atoms with Crippen LogP contribution in [0.2, 0.25) is 10.0 Å². The Morgan fingerprint density at radius 1 is 0.964 bits per heavy atom. The molecule has 0 aliphatic carbocycles. The van der Waals surface area contributed by atoms with Crippen molar-refractivity contribution in [1.82, 2.24) is 5.01 Å². The molecule has 144 valence electrons. The van der Waals surface area contributed by atoms with E-state index in [1.165, 1.54) is 5.01 Å². The molecule has 6 nitrogen and oxygen atoms in total. The van der Waals surface area contributed by atoms with Gasteiger partial charge in [-0.25, -0.2) is 13.4 Å². The van der Waals surface area contributed by atoms with E-state index in [9.17, 15) is 8.42 Å². The molecule has 2 aliphatic heterocycles. The van der Waals surface area contributed by atoms with Gasteiger partial charge < -0.3 is 4.74 Å². The highest BCUT2D eigenvalue weighted by Gasteiger charge is 2.30. The number of hydrazone groups is 1. The maximum atomic E-state index is 11.9. The lowest BCUT2D eigenvalue weighted by atomic mass is 10.0. The van der Waals surface area contributed by atoms with Gasteiger partial charge >= 0.3 is 0 Å². The molecular formula is C18H12Cl3N3O3S. The van der Waals surface area contributed by atoms with Crippen molar-refractivity contribution in [3.8, 4) is 11.5 Å². The molecule has 2 aromatic carbocycles. The molecule has 0 radical (unpaired) electrons. The van der Waals surface area contributed by atoms with Crippen molar-refractivity contribution >= 4 is 61.4 Å². The van der Waals surface area contributed by atoms with Crippen molar-refractivity contribution in [3.63, 3.8) is 0 Å². The quantitative estimate of drug-likeness (QED) is 0.666. The SMILES string of the molecule is O=S1(=O)CCN2N=C(Cl)C=C(c3ccc(Oc4ccc(Cl)c(Cl)c4)cc3)C2=N1. The zero-order chi connectivity index (χ0) is 19.9. The van der Waals surface area contributed by atoms with Crippen molar-refractivity contribution in [2.45, 2.75) is 0 Å². The normalized spacial score (nSPS) is 18.0. The number of hydrogen-bond donors (Lipinski definition) is 0. The van der Waals surface area contributed by atoms with Crippen molar-refractivity contribution in [3.05, 3.63) is 64.1 Å². The number of halogens is 3. The van der Waals surface area contributed by atoms with Gasteiger partial charge in [-0.3, -0.25) is 0 Å². The highest BCUT2D eigenvalue weighted by molar-refractivity contribution is 7.90. The van der Waals surface area contributed by atoms with Gasteiger partial charge in [-0.05, 0) is 35.9 Å². The summed E-state index contributed by atoms with van der Waals surface area (Å²) < 4.78 is 33.4. The molecular weight excluding hydrogens is 445 g/mol. The van der Waals surface area contributed by atoms with Gasteiger partial charge in [-0.1, -0.05) is 46.9 Å². The zero-order valence-electron chi connectivity index (χ0n) is 14.1. The second-order valence-corrected chi connectivity index (χ2v) is 8.96. The zero-order valence-corrected chi connectivity index (χ0v) is 17.2. The summed E-state index contributed by atoms with van der Waals surface area (Å²) >= 11 is 18.0. The molecule has 2 heterocycles. The van der Waals surface area contributed by atoms with Gasteiger partial charge in [0, 0.05) is 11.6 Å². The molecule has 2 aromatic rings. The third-order valence-corrected chi connectivity index (χ3v) is 6.12. The maximum Gasteiger partial charge on any atom is 0.256 e. The first-order chi connectivity index (χ1) is 13.3. The van der Waals surface area contributed by atoms with Gasteiger partial charge in [-0.2, -0.15) is 5.10 Å². The number of nitrogens with zero attached hydrogens (tertiary/aromatic N) is 3. The highest BCUT2D eigenvalue weighted by Crippen LogP contribution is 2.31. The monoisotopic (exact) mass is 455 g/mol. The van der Waals surface area contributed by atoms with E-state index in [0.29, 0.717) is 27.1 Å². The van der Waals surface area contributed by atoms with E-state index >= 15 is 0 Å². The minimum atomic E-state index is -3.52. The summed E-state index contributed by atoms with van der Waals surface area (Å²) in [6.07, 6.45) is 1.59. The van der Waals surface area contributed by atoms with Crippen LogP contribution in [0.25, 0.3) is 5.57 Å². The molecule has 0 fully saturated rings. The van der Waals surface area contributed by atoms with Crippen LogP contribution in [0.1, 0.15) is 5.56 Å². The lowest BCUT2D eigenvalue weighted by Crippen LogP contribution is -2.38. The molecule has 4 rings (SSSR count). The molecule has 0 unspecified atom stereocenters. The molecule has 0 spiro atoms. The predicted octanol–water partition coefficient (Wildman–Crippen LogP) is 4.78. The largest absolute Gasteiger partial charge is 0.457 e. The first-order valence-corrected chi connectivity index (χ1v) is 10.8. The molecule has 10 heteroatoms. The van der Waals surface area contributed by atoms with E-state index < -0.39 is 10.0 Å². The second-order valence-electron chi connectivity index (χ2n) is 6.01. The summed E-state index contributed by atoms with van der Waals surface area (Å²) in [4.78, 5) is 0. The molecule has 0 saturated carbocycles. The van der Waals surface area contributed by atoms with Gasteiger partial charge in [0.2, 0.25) is 0 Å². The highest BCUT2D eigenvalue weighted by atomic mass is 35.5. The van der Waals surface area contributed by atoms with Gasteiger partial charge in [0.15, 0.2) is 5.84 Å². The minimum Gasteiger partial charge on any atom is -0.457 e. The molecule has 2 aliphatic rings. The fourth-order valence-corrected chi connectivity index (χ4v) is 4.18. The average Bonchev–Trinajstić information content (AvgIpc) is 2.65. The molecule has 0 saturated heterocycles. The standard InChI is InChI=1S/C18H12Cl3N3O3S/c19-15-6-5-13(9-16(15)20)27-12-3-1-11(2-4-12)14-10-17(21)22-24-7-8-28(25,26)23-18(14)24/h1-6,9-10H,7-8H2. The number of fused-ring (bicyclic) bond motifs is 1. The molecule has 0 atom stereocenters. The Morgan fingerprint density at radius 3 is 2.39 bits per heavy atom. The first-order valence-electron chi connectivity index (χ1n) is 8.10. The average molecular weight is 457 g/mol. The molecule has 28 heavy (non-hydrogen) atoms. The van der Waals surface area contributed by atoms with Crippen LogP contribution in [0.4, 0.5) is 0 Å². The fourth-order valence-electron chi connectivity index (χ4n) is 2.74. The lowest BCUT2D eigenvalue weighted by Gasteiger charge is -2.28. The van der Waals surface area contributed by atoms with Crippen LogP contribution < -0.4 is 4.74 Å². The van der Waals surface area contributed by atoms with Crippen molar-refractivity contribution in [2.24, 2.45) is 9.50 Å². The Balaban J connectivity index is 1.63. The van der Waals surface area contributed by atoms with E-state index in [4.69, 9.17) is 39.5 Å². The van der Waals surface area contributed by atoms with Crippen molar-refractivity contribution in [1.29, 1.82) is 0 Å². The summed E-state index contributed by atoms with van der Waals surface area (Å²) in [6, 6.07) is 12.1. The molecule has 0 N–H and O–H groups in total. The van der Waals surface area contributed by atoms with Crippen LogP contribution in [0, 0.1) is 0 Å². The van der Waals surface area contributed by atoms with Crippen LogP contribution in [-0.2, 0) is 10.0 Å². The van der Waals surface area contributed by atoms with E-state index in [0.717, 1.165) is 5.56 Å².